The first-order chi connectivity index (χ1) is 7.25. The van der Waals surface area contributed by atoms with Gasteiger partial charge in [0, 0.05) is 12.3 Å². The molecule has 15 heavy (non-hydrogen) atoms. The van der Waals surface area contributed by atoms with Crippen molar-refractivity contribution in [1.29, 1.82) is 0 Å². The van der Waals surface area contributed by atoms with Gasteiger partial charge in [0.05, 0.1) is 6.54 Å². The minimum Gasteiger partial charge on any atom is -0.311 e. The van der Waals surface area contributed by atoms with Gasteiger partial charge in [0.15, 0.2) is 0 Å². The number of aromatic nitrogens is 1. The monoisotopic (exact) mass is 199 g/mol. The molecule has 0 fully saturated rings. The van der Waals surface area contributed by atoms with Crippen LogP contribution in [-0.4, -0.2) is 4.57 Å². The lowest BCUT2D eigenvalue weighted by Gasteiger charge is -2.06. The Morgan fingerprint density at radius 1 is 1.07 bits per heavy atom. The first-order valence-corrected chi connectivity index (χ1v) is 4.97. The molecule has 0 aliphatic carbocycles. The van der Waals surface area contributed by atoms with Crippen molar-refractivity contribution in [2.24, 2.45) is 0 Å². The van der Waals surface area contributed by atoms with Gasteiger partial charge in [-0.3, -0.25) is 4.79 Å². The second-order valence-corrected chi connectivity index (χ2v) is 3.66. The maximum Gasteiger partial charge on any atom is 0.250 e. The van der Waals surface area contributed by atoms with E-state index in [0.29, 0.717) is 6.54 Å². The van der Waals surface area contributed by atoms with E-state index >= 15 is 0 Å². The predicted octanol–water partition coefficient (Wildman–Crippen LogP) is 2.21. The zero-order chi connectivity index (χ0) is 10.7. The van der Waals surface area contributed by atoms with Gasteiger partial charge < -0.3 is 4.57 Å². The molecule has 0 aliphatic heterocycles. The SMILES string of the molecule is Cc1ccc(=O)n(Cc2ccccc2)c1. The molecular formula is C13H13NO. The van der Waals surface area contributed by atoms with Crippen LogP contribution in [0.3, 0.4) is 0 Å². The summed E-state index contributed by atoms with van der Waals surface area (Å²) in [6.07, 6.45) is 1.88. The van der Waals surface area contributed by atoms with Crippen LogP contribution >= 0.6 is 0 Å². The zero-order valence-electron chi connectivity index (χ0n) is 8.68. The van der Waals surface area contributed by atoms with Crippen LogP contribution in [0.1, 0.15) is 11.1 Å². The van der Waals surface area contributed by atoms with Crippen molar-refractivity contribution in [3.63, 3.8) is 0 Å². The van der Waals surface area contributed by atoms with Crippen molar-refractivity contribution < 1.29 is 0 Å². The molecule has 0 N–H and O–H groups in total. The quantitative estimate of drug-likeness (QED) is 0.726. The standard InChI is InChI=1S/C13H13NO/c1-11-7-8-13(15)14(9-11)10-12-5-3-2-4-6-12/h2-9H,10H2,1H3. The van der Waals surface area contributed by atoms with E-state index in [0.717, 1.165) is 11.1 Å². The van der Waals surface area contributed by atoms with Crippen LogP contribution in [0.2, 0.25) is 0 Å². The summed E-state index contributed by atoms with van der Waals surface area (Å²) in [5.41, 5.74) is 2.29. The van der Waals surface area contributed by atoms with E-state index < -0.39 is 0 Å². The molecule has 2 nitrogen and oxygen atoms in total. The van der Waals surface area contributed by atoms with E-state index in [1.807, 2.05) is 49.5 Å². The minimum atomic E-state index is 0.0458. The molecule has 2 aromatic rings. The molecule has 2 rings (SSSR count). The van der Waals surface area contributed by atoms with Crippen LogP contribution in [0, 0.1) is 6.92 Å². The molecule has 0 saturated carbocycles. The number of rotatable bonds is 2. The molecule has 1 aromatic heterocycles. The average molecular weight is 199 g/mol. The van der Waals surface area contributed by atoms with Crippen molar-refractivity contribution in [3.05, 3.63) is 70.1 Å². The van der Waals surface area contributed by atoms with Gasteiger partial charge in [-0.05, 0) is 18.1 Å². The van der Waals surface area contributed by atoms with Crippen LogP contribution < -0.4 is 5.56 Å². The summed E-state index contributed by atoms with van der Waals surface area (Å²) in [4.78, 5) is 11.5. The van der Waals surface area contributed by atoms with Gasteiger partial charge in [0.1, 0.15) is 0 Å². The Kier molecular flexibility index (Phi) is 2.68. The molecule has 2 heteroatoms. The molecule has 76 valence electrons. The molecule has 0 spiro atoms. The number of benzene rings is 1. The summed E-state index contributed by atoms with van der Waals surface area (Å²) in [5.74, 6) is 0. The second-order valence-electron chi connectivity index (χ2n) is 3.66. The van der Waals surface area contributed by atoms with Crippen molar-refractivity contribution >= 4 is 0 Å². The first-order valence-electron chi connectivity index (χ1n) is 4.97. The Morgan fingerprint density at radius 2 is 1.80 bits per heavy atom. The highest BCUT2D eigenvalue weighted by atomic mass is 16.1. The molecule has 1 heterocycles. The lowest BCUT2D eigenvalue weighted by Crippen LogP contribution is -2.19. The van der Waals surface area contributed by atoms with E-state index in [-0.39, 0.29) is 5.56 Å². The Hall–Kier alpha value is -1.83. The van der Waals surface area contributed by atoms with Crippen LogP contribution in [0.15, 0.2) is 53.5 Å². The summed E-state index contributed by atoms with van der Waals surface area (Å²) in [6, 6.07) is 13.4. The Labute approximate surface area is 88.8 Å². The fraction of sp³-hybridized carbons (Fsp3) is 0.154. The molecule has 0 bridgehead atoms. The number of hydrogen-bond acceptors (Lipinski definition) is 1. The summed E-state index contributed by atoms with van der Waals surface area (Å²) >= 11 is 0. The van der Waals surface area contributed by atoms with Gasteiger partial charge in [-0.1, -0.05) is 36.4 Å². The van der Waals surface area contributed by atoms with Crippen molar-refractivity contribution in [2.75, 3.05) is 0 Å². The fourth-order valence-electron chi connectivity index (χ4n) is 1.55. The van der Waals surface area contributed by atoms with Crippen molar-refractivity contribution in [2.45, 2.75) is 13.5 Å². The largest absolute Gasteiger partial charge is 0.311 e. The Morgan fingerprint density at radius 3 is 2.53 bits per heavy atom. The van der Waals surface area contributed by atoms with Crippen LogP contribution in [0.4, 0.5) is 0 Å². The minimum absolute atomic E-state index is 0.0458. The molecule has 0 radical (unpaired) electrons. The molecular weight excluding hydrogens is 186 g/mol. The van der Waals surface area contributed by atoms with E-state index in [9.17, 15) is 4.79 Å². The van der Waals surface area contributed by atoms with Gasteiger partial charge >= 0.3 is 0 Å². The van der Waals surface area contributed by atoms with Gasteiger partial charge in [0.25, 0.3) is 5.56 Å². The number of hydrogen-bond donors (Lipinski definition) is 0. The Bertz CT molecular complexity index is 499. The van der Waals surface area contributed by atoms with Crippen molar-refractivity contribution in [1.82, 2.24) is 4.57 Å². The molecule has 0 atom stereocenters. The lowest BCUT2D eigenvalue weighted by atomic mass is 10.2. The fourth-order valence-corrected chi connectivity index (χ4v) is 1.55. The first kappa shape index (κ1) is 9.71. The summed E-state index contributed by atoms with van der Waals surface area (Å²) < 4.78 is 1.73. The molecule has 1 aromatic carbocycles. The number of aryl methyl sites for hydroxylation is 1. The van der Waals surface area contributed by atoms with Gasteiger partial charge in [-0.25, -0.2) is 0 Å². The zero-order valence-corrected chi connectivity index (χ0v) is 8.68. The summed E-state index contributed by atoms with van der Waals surface area (Å²) in [5, 5.41) is 0. The average Bonchev–Trinajstić information content (AvgIpc) is 2.25. The highest BCUT2D eigenvalue weighted by molar-refractivity contribution is 5.16. The second kappa shape index (κ2) is 4.13. The van der Waals surface area contributed by atoms with Gasteiger partial charge in [0.2, 0.25) is 0 Å². The predicted molar refractivity (Wildman–Crippen MR) is 61.0 cm³/mol. The van der Waals surface area contributed by atoms with Gasteiger partial charge in [-0.2, -0.15) is 0 Å². The maximum atomic E-state index is 11.5. The van der Waals surface area contributed by atoms with E-state index in [4.69, 9.17) is 0 Å². The van der Waals surface area contributed by atoms with E-state index in [1.165, 1.54) is 0 Å². The third-order valence-electron chi connectivity index (χ3n) is 2.33. The molecule has 0 aliphatic rings. The number of nitrogens with zero attached hydrogens (tertiary/aromatic N) is 1. The van der Waals surface area contributed by atoms with Gasteiger partial charge in [-0.15, -0.1) is 0 Å². The lowest BCUT2D eigenvalue weighted by molar-refractivity contribution is 0.754. The summed E-state index contributed by atoms with van der Waals surface area (Å²) in [6.45, 7) is 2.63. The molecule has 0 saturated heterocycles. The third kappa shape index (κ3) is 2.34. The smallest absolute Gasteiger partial charge is 0.250 e. The highest BCUT2D eigenvalue weighted by Crippen LogP contribution is 2.01. The maximum absolute atomic E-state index is 11.5. The van der Waals surface area contributed by atoms with Crippen LogP contribution in [-0.2, 0) is 6.54 Å². The Balaban J connectivity index is 2.32. The van der Waals surface area contributed by atoms with Crippen molar-refractivity contribution in [3.8, 4) is 0 Å². The topological polar surface area (TPSA) is 22.0 Å². The van der Waals surface area contributed by atoms with E-state index in [1.54, 1.807) is 10.6 Å². The third-order valence-corrected chi connectivity index (χ3v) is 2.33. The molecule has 0 amide bonds. The number of pyridine rings is 1. The van der Waals surface area contributed by atoms with Crippen LogP contribution in [0.25, 0.3) is 0 Å². The van der Waals surface area contributed by atoms with Crippen LogP contribution in [0.5, 0.6) is 0 Å². The highest BCUT2D eigenvalue weighted by Gasteiger charge is 1.97. The molecule has 0 unspecified atom stereocenters. The van der Waals surface area contributed by atoms with E-state index in [2.05, 4.69) is 0 Å². The normalized spacial score (nSPS) is 10.2. The summed E-state index contributed by atoms with van der Waals surface area (Å²) in [7, 11) is 0.